The predicted molar refractivity (Wildman–Crippen MR) is 121 cm³/mol. The van der Waals surface area contributed by atoms with Crippen molar-refractivity contribution in [2.45, 2.75) is 19.5 Å². The van der Waals surface area contributed by atoms with Gasteiger partial charge in [-0.3, -0.25) is 0 Å². The van der Waals surface area contributed by atoms with Gasteiger partial charge in [-0.15, -0.1) is 0 Å². The molecule has 151 valence electrons. The average Bonchev–Trinajstić information content (AvgIpc) is 3.08. The molecule has 2 N–H and O–H groups in total. The largest absolute Gasteiger partial charge is 0.508 e. The van der Waals surface area contributed by atoms with Crippen LogP contribution in [-0.4, -0.2) is 21.3 Å². The lowest BCUT2D eigenvalue weighted by Crippen LogP contribution is -2.20. The molecule has 0 atom stereocenters. The zero-order chi connectivity index (χ0) is 20.8. The van der Waals surface area contributed by atoms with Crippen LogP contribution in [0, 0.1) is 0 Å². The van der Waals surface area contributed by atoms with Gasteiger partial charge in [0.15, 0.2) is 0 Å². The normalized spacial score (nSPS) is 13.5. The number of hydrogen-bond donors (Lipinski definition) is 2. The Labute approximate surface area is 184 Å². The van der Waals surface area contributed by atoms with Crippen molar-refractivity contribution in [2.75, 3.05) is 6.54 Å². The molecule has 2 heterocycles. The number of aromatic hydroxyl groups is 2. The first-order chi connectivity index (χ1) is 14.5. The second-order valence-corrected chi connectivity index (χ2v) is 8.28. The van der Waals surface area contributed by atoms with E-state index in [0.29, 0.717) is 23.7 Å². The quantitative estimate of drug-likeness (QED) is 0.429. The molecule has 1 aliphatic rings. The Morgan fingerprint density at radius 1 is 0.933 bits per heavy atom. The molecular weight excluding hydrogens is 419 g/mol. The van der Waals surface area contributed by atoms with Crippen LogP contribution in [0.3, 0.4) is 0 Å². The van der Waals surface area contributed by atoms with Crippen molar-refractivity contribution in [1.29, 1.82) is 0 Å². The van der Waals surface area contributed by atoms with E-state index in [-0.39, 0.29) is 16.5 Å². The third kappa shape index (κ3) is 3.12. The van der Waals surface area contributed by atoms with E-state index in [4.69, 9.17) is 23.2 Å². The predicted octanol–water partition coefficient (Wildman–Crippen LogP) is 5.74. The topological polar surface area (TPSA) is 59.5 Å². The molecule has 1 radical (unpaired) electrons. The van der Waals surface area contributed by atoms with Crippen molar-refractivity contribution in [3.8, 4) is 22.6 Å². The Kier molecular flexibility index (Phi) is 4.86. The molecule has 6 heteroatoms. The number of phenols is 2. The highest BCUT2D eigenvalue weighted by Crippen LogP contribution is 2.44. The Bertz CT molecular complexity index is 1260. The Hall–Kier alpha value is -2.66. The van der Waals surface area contributed by atoms with Crippen molar-refractivity contribution < 1.29 is 10.2 Å². The molecule has 0 spiro atoms. The molecule has 0 aliphatic carbocycles. The summed E-state index contributed by atoms with van der Waals surface area (Å²) in [4.78, 5) is 0. The Balaban J connectivity index is 1.75. The van der Waals surface area contributed by atoms with Gasteiger partial charge in [-0.25, -0.2) is 5.32 Å². The summed E-state index contributed by atoms with van der Waals surface area (Å²) in [5, 5.41) is 26.6. The summed E-state index contributed by atoms with van der Waals surface area (Å²) in [5.41, 5.74) is 6.25. The second kappa shape index (κ2) is 7.55. The van der Waals surface area contributed by atoms with Crippen LogP contribution in [0.5, 0.6) is 11.5 Å². The van der Waals surface area contributed by atoms with Gasteiger partial charge < -0.3 is 14.8 Å². The van der Waals surface area contributed by atoms with E-state index < -0.39 is 0 Å². The maximum atomic E-state index is 10.7. The summed E-state index contributed by atoms with van der Waals surface area (Å²) in [6.07, 6.45) is 0.855. The summed E-state index contributed by atoms with van der Waals surface area (Å²) in [6, 6.07) is 16.9. The molecule has 30 heavy (non-hydrogen) atoms. The number of aromatic nitrogens is 1. The molecule has 0 amide bonds. The first kappa shape index (κ1) is 19.3. The number of benzene rings is 3. The van der Waals surface area contributed by atoms with Gasteiger partial charge in [-0.05, 0) is 53.4 Å². The standard InChI is InChI=1S/C24H19Cl2N2O2/c25-19-9-8-17(24(30)23(19)26)16-2-1-3-20-22(16)18-10-11-27-12-21(18)28(20)13-14-4-6-15(29)7-5-14/h1-9,29-30H,10-13H2. The van der Waals surface area contributed by atoms with E-state index >= 15 is 0 Å². The second-order valence-electron chi connectivity index (χ2n) is 7.49. The lowest BCUT2D eigenvalue weighted by atomic mass is 9.95. The molecular formula is C24H19Cl2N2O2. The lowest BCUT2D eigenvalue weighted by Gasteiger charge is -2.16. The van der Waals surface area contributed by atoms with Gasteiger partial charge >= 0.3 is 0 Å². The van der Waals surface area contributed by atoms with Gasteiger partial charge in [0.25, 0.3) is 0 Å². The SMILES string of the molecule is Oc1ccc(Cn2c3c(c4c(-c5ccc(Cl)c(Cl)c5O)cccc42)CC[N]C3)cc1. The highest BCUT2D eigenvalue weighted by atomic mass is 35.5. The number of hydrogen-bond acceptors (Lipinski definition) is 2. The monoisotopic (exact) mass is 437 g/mol. The van der Waals surface area contributed by atoms with E-state index in [1.807, 2.05) is 30.3 Å². The highest BCUT2D eigenvalue weighted by molar-refractivity contribution is 6.43. The molecule has 1 aromatic heterocycles. The third-order valence-corrected chi connectivity index (χ3v) is 6.52. The van der Waals surface area contributed by atoms with Gasteiger partial charge in [-0.2, -0.15) is 0 Å². The Morgan fingerprint density at radius 2 is 1.73 bits per heavy atom. The van der Waals surface area contributed by atoms with Crippen LogP contribution in [-0.2, 0) is 19.5 Å². The van der Waals surface area contributed by atoms with E-state index in [2.05, 4.69) is 16.0 Å². The van der Waals surface area contributed by atoms with Crippen molar-refractivity contribution in [3.05, 3.63) is 81.5 Å². The molecule has 4 nitrogen and oxygen atoms in total. The zero-order valence-corrected chi connectivity index (χ0v) is 17.6. The maximum Gasteiger partial charge on any atom is 0.143 e. The van der Waals surface area contributed by atoms with E-state index in [0.717, 1.165) is 35.0 Å². The number of halogens is 2. The molecule has 0 unspecified atom stereocenters. The van der Waals surface area contributed by atoms with E-state index in [9.17, 15) is 10.2 Å². The Morgan fingerprint density at radius 3 is 2.53 bits per heavy atom. The number of rotatable bonds is 3. The molecule has 1 aliphatic heterocycles. The molecule has 0 saturated heterocycles. The minimum Gasteiger partial charge on any atom is -0.508 e. The van der Waals surface area contributed by atoms with Crippen LogP contribution in [0.4, 0.5) is 0 Å². The van der Waals surface area contributed by atoms with Crippen LogP contribution >= 0.6 is 23.2 Å². The fourth-order valence-electron chi connectivity index (χ4n) is 4.31. The van der Waals surface area contributed by atoms with Crippen LogP contribution in [0.1, 0.15) is 16.8 Å². The highest BCUT2D eigenvalue weighted by Gasteiger charge is 2.24. The van der Waals surface area contributed by atoms with Crippen molar-refractivity contribution in [1.82, 2.24) is 9.88 Å². The van der Waals surface area contributed by atoms with Gasteiger partial charge in [-0.1, -0.05) is 47.5 Å². The van der Waals surface area contributed by atoms with Gasteiger partial charge in [0.2, 0.25) is 0 Å². The number of nitrogens with zero attached hydrogens (tertiary/aromatic N) is 2. The molecule has 4 aromatic rings. The molecule has 0 saturated carbocycles. The molecule has 3 aromatic carbocycles. The van der Waals surface area contributed by atoms with Crippen LogP contribution in [0.2, 0.25) is 10.0 Å². The smallest absolute Gasteiger partial charge is 0.143 e. The first-order valence-corrected chi connectivity index (χ1v) is 10.5. The summed E-state index contributed by atoms with van der Waals surface area (Å²) < 4.78 is 2.29. The van der Waals surface area contributed by atoms with Crippen molar-refractivity contribution >= 4 is 34.1 Å². The fourth-order valence-corrected chi connectivity index (χ4v) is 4.62. The van der Waals surface area contributed by atoms with Crippen LogP contribution in [0.25, 0.3) is 22.0 Å². The maximum absolute atomic E-state index is 10.7. The molecule has 0 fully saturated rings. The van der Waals surface area contributed by atoms with Gasteiger partial charge in [0.05, 0.1) is 11.6 Å². The van der Waals surface area contributed by atoms with E-state index in [1.54, 1.807) is 18.2 Å². The van der Waals surface area contributed by atoms with Crippen molar-refractivity contribution in [2.24, 2.45) is 0 Å². The van der Waals surface area contributed by atoms with Gasteiger partial charge in [0.1, 0.15) is 16.5 Å². The summed E-state index contributed by atoms with van der Waals surface area (Å²) in [5.74, 6) is 0.253. The fraction of sp³-hybridized carbons (Fsp3) is 0.167. The molecule has 5 rings (SSSR count). The minimum atomic E-state index is -0.00259. The summed E-state index contributed by atoms with van der Waals surface area (Å²) in [7, 11) is 0. The summed E-state index contributed by atoms with van der Waals surface area (Å²) >= 11 is 12.3. The average molecular weight is 438 g/mol. The third-order valence-electron chi connectivity index (χ3n) is 5.73. The van der Waals surface area contributed by atoms with Gasteiger partial charge in [0, 0.05) is 35.2 Å². The van der Waals surface area contributed by atoms with Crippen LogP contribution < -0.4 is 5.32 Å². The minimum absolute atomic E-state index is 0.00259. The number of phenolic OH excluding ortho intramolecular Hbond substituents is 2. The lowest BCUT2D eigenvalue weighted by molar-refractivity contribution is 0.475. The first-order valence-electron chi connectivity index (χ1n) is 9.76. The van der Waals surface area contributed by atoms with Crippen LogP contribution in [0.15, 0.2) is 54.6 Å². The van der Waals surface area contributed by atoms with Crippen molar-refractivity contribution in [3.63, 3.8) is 0 Å². The molecule has 0 bridgehead atoms. The number of fused-ring (bicyclic) bond motifs is 3. The summed E-state index contributed by atoms with van der Waals surface area (Å²) in [6.45, 7) is 2.13. The van der Waals surface area contributed by atoms with E-state index in [1.165, 1.54) is 11.3 Å². The zero-order valence-electron chi connectivity index (χ0n) is 16.1.